The maximum atomic E-state index is 12.9. The van der Waals surface area contributed by atoms with Gasteiger partial charge in [0.05, 0.1) is 4.90 Å². The van der Waals surface area contributed by atoms with Crippen molar-refractivity contribution in [3.05, 3.63) is 24.6 Å². The van der Waals surface area contributed by atoms with Gasteiger partial charge in [0.1, 0.15) is 5.52 Å². The second kappa shape index (κ2) is 6.42. The molecule has 0 radical (unpaired) electrons. The molecule has 2 fully saturated rings. The standard InChI is InChI=1S/C17H21N3O4S/c21-17(13-3-1-4-13)19-7-2-8-20(10-9-19)25(22,23)14-5-6-15-16(11-14)24-12-18-15/h5-6,11-13H,1-4,7-10H2. The van der Waals surface area contributed by atoms with E-state index in [1.165, 1.54) is 16.8 Å². The number of fused-ring (bicyclic) bond motifs is 1. The number of hydrogen-bond donors (Lipinski definition) is 0. The number of oxazole rings is 1. The third-order valence-corrected chi connectivity index (χ3v) is 7.06. The van der Waals surface area contributed by atoms with Crippen LogP contribution in [0.4, 0.5) is 0 Å². The molecule has 2 aliphatic rings. The van der Waals surface area contributed by atoms with E-state index < -0.39 is 10.0 Å². The van der Waals surface area contributed by atoms with Gasteiger partial charge in [0, 0.05) is 38.2 Å². The van der Waals surface area contributed by atoms with E-state index in [2.05, 4.69) is 4.98 Å². The van der Waals surface area contributed by atoms with Crippen molar-refractivity contribution in [3.63, 3.8) is 0 Å². The van der Waals surface area contributed by atoms with Crippen LogP contribution in [-0.4, -0.2) is 54.7 Å². The van der Waals surface area contributed by atoms with Crippen molar-refractivity contribution >= 4 is 27.0 Å². The van der Waals surface area contributed by atoms with E-state index in [-0.39, 0.29) is 16.7 Å². The van der Waals surface area contributed by atoms with Crippen LogP contribution in [0.1, 0.15) is 25.7 Å². The maximum absolute atomic E-state index is 12.9. The molecule has 1 saturated carbocycles. The van der Waals surface area contributed by atoms with Crippen molar-refractivity contribution in [3.8, 4) is 0 Å². The van der Waals surface area contributed by atoms with Crippen molar-refractivity contribution in [1.29, 1.82) is 0 Å². The molecule has 2 heterocycles. The minimum absolute atomic E-state index is 0.150. The number of nitrogens with zero attached hydrogens (tertiary/aromatic N) is 3. The van der Waals surface area contributed by atoms with Crippen LogP contribution in [0.15, 0.2) is 33.9 Å². The Morgan fingerprint density at radius 3 is 2.72 bits per heavy atom. The first-order valence-electron chi connectivity index (χ1n) is 8.68. The Bertz CT molecular complexity index is 888. The normalized spacial score (nSPS) is 20.4. The van der Waals surface area contributed by atoms with Gasteiger partial charge in [0.2, 0.25) is 15.9 Å². The summed E-state index contributed by atoms with van der Waals surface area (Å²) in [6, 6.07) is 4.72. The fourth-order valence-corrected chi connectivity index (χ4v) is 4.90. The average Bonchev–Trinajstić information content (AvgIpc) is 2.86. The number of carbonyl (C=O) groups excluding carboxylic acids is 1. The first-order valence-corrected chi connectivity index (χ1v) is 10.1. The fraction of sp³-hybridized carbons (Fsp3) is 0.529. The molecule has 7 nitrogen and oxygen atoms in total. The summed E-state index contributed by atoms with van der Waals surface area (Å²) in [5.74, 6) is 0.339. The highest BCUT2D eigenvalue weighted by Gasteiger charge is 2.33. The first-order chi connectivity index (χ1) is 12.1. The van der Waals surface area contributed by atoms with Gasteiger partial charge in [-0.05, 0) is 31.4 Å². The Morgan fingerprint density at radius 1 is 1.12 bits per heavy atom. The molecule has 25 heavy (non-hydrogen) atoms. The zero-order chi connectivity index (χ0) is 17.4. The first kappa shape index (κ1) is 16.5. The lowest BCUT2D eigenvalue weighted by Crippen LogP contribution is -2.41. The number of sulfonamides is 1. The minimum Gasteiger partial charge on any atom is -0.443 e. The quantitative estimate of drug-likeness (QED) is 0.831. The number of benzene rings is 1. The van der Waals surface area contributed by atoms with E-state index in [1.54, 1.807) is 12.1 Å². The molecule has 0 unspecified atom stereocenters. The summed E-state index contributed by atoms with van der Waals surface area (Å²) in [4.78, 5) is 18.5. The highest BCUT2D eigenvalue weighted by Crippen LogP contribution is 2.29. The minimum atomic E-state index is -3.61. The van der Waals surface area contributed by atoms with E-state index in [1.807, 2.05) is 4.90 Å². The van der Waals surface area contributed by atoms with Gasteiger partial charge >= 0.3 is 0 Å². The van der Waals surface area contributed by atoms with Crippen LogP contribution in [-0.2, 0) is 14.8 Å². The van der Waals surface area contributed by atoms with Crippen LogP contribution in [0, 0.1) is 5.92 Å². The van der Waals surface area contributed by atoms with Crippen molar-refractivity contribution < 1.29 is 17.6 Å². The van der Waals surface area contributed by atoms with E-state index in [9.17, 15) is 13.2 Å². The molecule has 1 amide bonds. The zero-order valence-corrected chi connectivity index (χ0v) is 14.7. The molecule has 0 bridgehead atoms. The molecule has 1 aromatic carbocycles. The van der Waals surface area contributed by atoms with E-state index in [4.69, 9.17) is 4.42 Å². The molecule has 1 aromatic heterocycles. The van der Waals surface area contributed by atoms with Crippen molar-refractivity contribution in [2.75, 3.05) is 26.2 Å². The van der Waals surface area contributed by atoms with Crippen LogP contribution < -0.4 is 0 Å². The summed E-state index contributed by atoms with van der Waals surface area (Å²) in [7, 11) is -3.61. The van der Waals surface area contributed by atoms with Crippen molar-refractivity contribution in [2.45, 2.75) is 30.6 Å². The summed E-state index contributed by atoms with van der Waals surface area (Å²) < 4.78 is 32.6. The Morgan fingerprint density at radius 2 is 1.96 bits per heavy atom. The lowest BCUT2D eigenvalue weighted by Gasteiger charge is -2.31. The smallest absolute Gasteiger partial charge is 0.243 e. The fourth-order valence-electron chi connectivity index (χ4n) is 3.41. The maximum Gasteiger partial charge on any atom is 0.243 e. The van der Waals surface area contributed by atoms with Crippen LogP contribution in [0.5, 0.6) is 0 Å². The van der Waals surface area contributed by atoms with Gasteiger partial charge in [0.15, 0.2) is 12.0 Å². The molecule has 1 aliphatic carbocycles. The Labute approximate surface area is 146 Å². The average molecular weight is 363 g/mol. The lowest BCUT2D eigenvalue weighted by atomic mass is 9.84. The molecule has 1 saturated heterocycles. The van der Waals surface area contributed by atoms with Gasteiger partial charge in [-0.15, -0.1) is 0 Å². The molecular weight excluding hydrogens is 342 g/mol. The van der Waals surface area contributed by atoms with Gasteiger partial charge in [-0.2, -0.15) is 4.31 Å². The molecule has 2 aromatic rings. The summed E-state index contributed by atoms with van der Waals surface area (Å²) in [6.07, 6.45) is 5.01. The summed E-state index contributed by atoms with van der Waals surface area (Å²) >= 11 is 0. The monoisotopic (exact) mass is 363 g/mol. The van der Waals surface area contributed by atoms with Crippen LogP contribution in [0.25, 0.3) is 11.1 Å². The van der Waals surface area contributed by atoms with Crippen LogP contribution >= 0.6 is 0 Å². The van der Waals surface area contributed by atoms with Gasteiger partial charge in [-0.1, -0.05) is 6.42 Å². The highest BCUT2D eigenvalue weighted by atomic mass is 32.2. The predicted octanol–water partition coefficient (Wildman–Crippen LogP) is 1.85. The molecule has 134 valence electrons. The second-order valence-corrected chi connectivity index (χ2v) is 8.63. The molecule has 0 spiro atoms. The third-order valence-electron chi connectivity index (χ3n) is 5.16. The number of hydrogen-bond acceptors (Lipinski definition) is 5. The molecule has 8 heteroatoms. The van der Waals surface area contributed by atoms with E-state index >= 15 is 0 Å². The SMILES string of the molecule is O=C(C1CCC1)N1CCCN(S(=O)(=O)c2ccc3ncoc3c2)CC1. The number of carbonyl (C=O) groups is 1. The molecule has 1 aliphatic heterocycles. The number of amides is 1. The molecule has 0 N–H and O–H groups in total. The van der Waals surface area contributed by atoms with Gasteiger partial charge < -0.3 is 9.32 Å². The Balaban J connectivity index is 1.51. The van der Waals surface area contributed by atoms with Crippen LogP contribution in [0.2, 0.25) is 0 Å². The zero-order valence-electron chi connectivity index (χ0n) is 13.9. The summed E-state index contributed by atoms with van der Waals surface area (Å²) in [5.41, 5.74) is 1.09. The van der Waals surface area contributed by atoms with Gasteiger partial charge in [-0.25, -0.2) is 13.4 Å². The predicted molar refractivity (Wildman–Crippen MR) is 91.3 cm³/mol. The molecule has 0 atom stereocenters. The lowest BCUT2D eigenvalue weighted by molar-refractivity contribution is -0.138. The van der Waals surface area contributed by atoms with Crippen LogP contribution in [0.3, 0.4) is 0 Å². The van der Waals surface area contributed by atoms with Crippen molar-refractivity contribution in [1.82, 2.24) is 14.2 Å². The topological polar surface area (TPSA) is 83.7 Å². The van der Waals surface area contributed by atoms with Gasteiger partial charge in [0.25, 0.3) is 0 Å². The third kappa shape index (κ3) is 3.04. The molecule has 4 rings (SSSR count). The number of aromatic nitrogens is 1. The molecular formula is C17H21N3O4S. The Kier molecular flexibility index (Phi) is 4.24. The summed E-state index contributed by atoms with van der Waals surface area (Å²) in [5, 5.41) is 0. The van der Waals surface area contributed by atoms with E-state index in [0.717, 1.165) is 19.3 Å². The Hall–Kier alpha value is -1.93. The summed E-state index contributed by atoms with van der Waals surface area (Å²) in [6.45, 7) is 1.84. The van der Waals surface area contributed by atoms with E-state index in [0.29, 0.717) is 43.7 Å². The van der Waals surface area contributed by atoms with Gasteiger partial charge in [-0.3, -0.25) is 4.79 Å². The number of rotatable bonds is 3. The second-order valence-electron chi connectivity index (χ2n) is 6.69. The largest absolute Gasteiger partial charge is 0.443 e. The van der Waals surface area contributed by atoms with Crippen molar-refractivity contribution in [2.24, 2.45) is 5.92 Å². The highest BCUT2D eigenvalue weighted by molar-refractivity contribution is 7.89.